The summed E-state index contributed by atoms with van der Waals surface area (Å²) < 4.78 is 53.4. The molecular formula is C15H14F4N2O4. The molecule has 1 aliphatic heterocycles. The fraction of sp³-hybridized carbons (Fsp3) is 0.400. The van der Waals surface area contributed by atoms with Gasteiger partial charge in [-0.1, -0.05) is 0 Å². The van der Waals surface area contributed by atoms with Crippen LogP contribution in [0.25, 0.3) is 0 Å². The lowest BCUT2D eigenvalue weighted by atomic mass is 9.86. The van der Waals surface area contributed by atoms with Crippen molar-refractivity contribution in [2.75, 3.05) is 18.4 Å². The number of carbonyl (C=O) groups excluding carboxylic acids is 2. The third kappa shape index (κ3) is 3.42. The molecule has 2 amide bonds. The van der Waals surface area contributed by atoms with Crippen molar-refractivity contribution in [3.05, 3.63) is 29.6 Å². The number of anilines is 1. The van der Waals surface area contributed by atoms with Gasteiger partial charge in [-0.3, -0.25) is 14.4 Å². The molecule has 0 aromatic heterocycles. The van der Waals surface area contributed by atoms with Crippen LogP contribution in [0.15, 0.2) is 18.2 Å². The average molecular weight is 362 g/mol. The molecule has 1 aromatic carbocycles. The Morgan fingerprint density at radius 2 is 1.92 bits per heavy atom. The molecule has 2 N–H and O–H groups in total. The first-order chi connectivity index (χ1) is 11.5. The zero-order chi connectivity index (χ0) is 19.0. The molecule has 6 nitrogen and oxygen atoms in total. The first-order valence-electron chi connectivity index (χ1n) is 7.14. The maximum Gasteiger partial charge on any atom is 0.406 e. The van der Waals surface area contributed by atoms with E-state index in [1.54, 1.807) is 0 Å². The molecule has 1 aromatic rings. The Morgan fingerprint density at radius 3 is 2.40 bits per heavy atom. The van der Waals surface area contributed by atoms with Crippen LogP contribution < -0.4 is 5.32 Å². The minimum absolute atomic E-state index is 0.0942. The lowest BCUT2D eigenvalue weighted by Crippen LogP contribution is -2.47. The number of carboxylic acids is 1. The van der Waals surface area contributed by atoms with E-state index in [0.717, 1.165) is 12.1 Å². The predicted molar refractivity (Wildman–Crippen MR) is 77.3 cm³/mol. The number of hydrogen-bond donors (Lipinski definition) is 2. The van der Waals surface area contributed by atoms with Gasteiger partial charge in [-0.15, -0.1) is 0 Å². The van der Waals surface area contributed by atoms with E-state index in [9.17, 15) is 31.9 Å². The summed E-state index contributed by atoms with van der Waals surface area (Å²) in [7, 11) is 0. The summed E-state index contributed by atoms with van der Waals surface area (Å²) in [5, 5.41) is 11.3. The van der Waals surface area contributed by atoms with Gasteiger partial charge in [0.2, 0.25) is 5.91 Å². The summed E-state index contributed by atoms with van der Waals surface area (Å²) in [5.74, 6) is -4.62. The van der Waals surface area contributed by atoms with E-state index < -0.39 is 60.3 Å². The Bertz CT molecular complexity index is 735. The summed E-state index contributed by atoms with van der Waals surface area (Å²) in [5.41, 5.74) is -3.53. The number of aliphatic carboxylic acids is 1. The average Bonchev–Trinajstić information content (AvgIpc) is 2.94. The van der Waals surface area contributed by atoms with Crippen molar-refractivity contribution in [2.24, 2.45) is 5.41 Å². The van der Waals surface area contributed by atoms with Crippen molar-refractivity contribution in [1.29, 1.82) is 0 Å². The van der Waals surface area contributed by atoms with Crippen LogP contribution in [-0.4, -0.2) is 47.1 Å². The van der Waals surface area contributed by atoms with Crippen molar-refractivity contribution < 1.29 is 37.1 Å². The number of likely N-dealkylation sites (tertiary alicyclic amines) is 1. The maximum atomic E-state index is 13.9. The van der Waals surface area contributed by atoms with Gasteiger partial charge in [0.25, 0.3) is 5.91 Å². The van der Waals surface area contributed by atoms with Crippen molar-refractivity contribution >= 4 is 23.5 Å². The molecule has 1 saturated heterocycles. The smallest absolute Gasteiger partial charge is 0.406 e. The minimum atomic E-state index is -5.05. The van der Waals surface area contributed by atoms with Crippen molar-refractivity contribution in [3.8, 4) is 0 Å². The summed E-state index contributed by atoms with van der Waals surface area (Å²) in [4.78, 5) is 35.2. The van der Waals surface area contributed by atoms with E-state index in [1.165, 1.54) is 13.0 Å². The Kier molecular flexibility index (Phi) is 4.74. The van der Waals surface area contributed by atoms with E-state index in [2.05, 4.69) is 5.32 Å². The minimum Gasteiger partial charge on any atom is -0.481 e. The number of nitrogens with one attached hydrogen (secondary N) is 1. The zero-order valence-electron chi connectivity index (χ0n) is 13.0. The van der Waals surface area contributed by atoms with Gasteiger partial charge in [0.15, 0.2) is 5.41 Å². The number of hydrogen-bond acceptors (Lipinski definition) is 3. The Balaban J connectivity index is 2.31. The number of nitrogens with zero attached hydrogens (tertiary/aromatic N) is 1. The standard InChI is InChI=1S/C15H14F4N2O4/c1-8(22)20-9-2-3-11(16)10(6-9)12(23)21-5-4-14(7-21,13(24)25)15(17,18)19/h2-3,6H,4-5,7H2,1H3,(H,20,22)(H,24,25). The highest BCUT2D eigenvalue weighted by Gasteiger charge is 2.64. The molecule has 1 aliphatic rings. The second-order valence-corrected chi connectivity index (χ2v) is 5.74. The van der Waals surface area contributed by atoms with Crippen molar-refractivity contribution in [1.82, 2.24) is 4.90 Å². The highest BCUT2D eigenvalue weighted by molar-refractivity contribution is 5.97. The topological polar surface area (TPSA) is 86.7 Å². The molecule has 1 fully saturated rings. The second-order valence-electron chi connectivity index (χ2n) is 5.74. The molecule has 1 heterocycles. The normalized spacial score (nSPS) is 20.4. The van der Waals surface area contributed by atoms with Crippen LogP contribution in [0, 0.1) is 11.2 Å². The van der Waals surface area contributed by atoms with Gasteiger partial charge >= 0.3 is 12.1 Å². The number of carbonyl (C=O) groups is 3. The molecule has 1 atom stereocenters. The fourth-order valence-electron chi connectivity index (χ4n) is 2.65. The molecule has 0 aliphatic carbocycles. The van der Waals surface area contributed by atoms with E-state index in [0.29, 0.717) is 4.90 Å². The van der Waals surface area contributed by atoms with Crippen LogP contribution in [0.2, 0.25) is 0 Å². The number of benzene rings is 1. The van der Waals surface area contributed by atoms with Gasteiger partial charge in [-0.25, -0.2) is 4.39 Å². The third-order valence-corrected chi connectivity index (χ3v) is 4.03. The fourth-order valence-corrected chi connectivity index (χ4v) is 2.65. The van der Waals surface area contributed by atoms with Crippen LogP contribution in [0.3, 0.4) is 0 Å². The second kappa shape index (κ2) is 6.34. The molecule has 1 unspecified atom stereocenters. The van der Waals surface area contributed by atoms with Gasteiger partial charge < -0.3 is 15.3 Å². The van der Waals surface area contributed by atoms with Crippen molar-refractivity contribution in [3.63, 3.8) is 0 Å². The van der Waals surface area contributed by atoms with E-state index in [-0.39, 0.29) is 5.69 Å². The first kappa shape index (κ1) is 18.7. The summed E-state index contributed by atoms with van der Waals surface area (Å²) in [6.45, 7) is -0.390. The highest BCUT2D eigenvalue weighted by atomic mass is 19.4. The Labute approximate surface area is 139 Å². The SMILES string of the molecule is CC(=O)Nc1ccc(F)c(C(=O)N2CCC(C(=O)O)(C(F)(F)F)C2)c1. The predicted octanol–water partition coefficient (Wildman–Crippen LogP) is 2.26. The number of halogens is 4. The quantitative estimate of drug-likeness (QED) is 0.808. The summed E-state index contributed by atoms with van der Waals surface area (Å²) in [6, 6.07) is 3.07. The number of alkyl halides is 3. The van der Waals surface area contributed by atoms with Crippen LogP contribution in [0.1, 0.15) is 23.7 Å². The number of carboxylic acid groups (broad SMARTS) is 1. The van der Waals surface area contributed by atoms with Gasteiger partial charge in [0, 0.05) is 25.7 Å². The molecular weight excluding hydrogens is 348 g/mol. The monoisotopic (exact) mass is 362 g/mol. The number of amides is 2. The summed E-state index contributed by atoms with van der Waals surface area (Å²) in [6.07, 6.45) is -5.87. The molecule has 136 valence electrons. The largest absolute Gasteiger partial charge is 0.481 e. The molecule has 0 saturated carbocycles. The molecule has 10 heteroatoms. The molecule has 0 spiro atoms. The summed E-state index contributed by atoms with van der Waals surface area (Å²) >= 11 is 0. The van der Waals surface area contributed by atoms with E-state index in [4.69, 9.17) is 5.11 Å². The third-order valence-electron chi connectivity index (χ3n) is 4.03. The lowest BCUT2D eigenvalue weighted by molar-refractivity contribution is -0.227. The van der Waals surface area contributed by atoms with Gasteiger partial charge in [0.05, 0.1) is 5.56 Å². The molecule has 25 heavy (non-hydrogen) atoms. The van der Waals surface area contributed by atoms with Crippen LogP contribution in [-0.2, 0) is 9.59 Å². The van der Waals surface area contributed by atoms with Crippen LogP contribution >= 0.6 is 0 Å². The first-order valence-corrected chi connectivity index (χ1v) is 7.14. The van der Waals surface area contributed by atoms with Crippen molar-refractivity contribution in [2.45, 2.75) is 19.5 Å². The van der Waals surface area contributed by atoms with E-state index >= 15 is 0 Å². The van der Waals surface area contributed by atoms with Gasteiger partial charge in [-0.2, -0.15) is 13.2 Å². The molecule has 0 bridgehead atoms. The van der Waals surface area contributed by atoms with Crippen LogP contribution in [0.4, 0.5) is 23.2 Å². The Morgan fingerprint density at radius 1 is 1.28 bits per heavy atom. The Hall–Kier alpha value is -2.65. The van der Waals surface area contributed by atoms with Gasteiger partial charge in [-0.05, 0) is 24.6 Å². The maximum absolute atomic E-state index is 13.9. The van der Waals surface area contributed by atoms with Gasteiger partial charge in [0.1, 0.15) is 5.82 Å². The zero-order valence-corrected chi connectivity index (χ0v) is 13.0. The van der Waals surface area contributed by atoms with Crippen LogP contribution in [0.5, 0.6) is 0 Å². The highest BCUT2D eigenvalue weighted by Crippen LogP contribution is 2.46. The van der Waals surface area contributed by atoms with E-state index in [1.807, 2.05) is 0 Å². The molecule has 2 rings (SSSR count). The lowest BCUT2D eigenvalue weighted by Gasteiger charge is -2.27. The molecule has 0 radical (unpaired) electrons. The number of rotatable bonds is 3.